The third-order valence-electron chi connectivity index (χ3n) is 3.25. The van der Waals surface area contributed by atoms with Gasteiger partial charge in [-0.05, 0) is 24.6 Å². The fraction of sp³-hybridized carbons (Fsp3) is 0.118. The Balaban J connectivity index is 2.54. The van der Waals surface area contributed by atoms with Crippen LogP contribution in [0.4, 0.5) is 11.4 Å². The Hall–Kier alpha value is -3.15. The van der Waals surface area contributed by atoms with Crippen LogP contribution >= 0.6 is 0 Å². The minimum Gasteiger partial charge on any atom is -0.465 e. The highest BCUT2D eigenvalue weighted by Gasteiger charge is 2.13. The van der Waals surface area contributed by atoms with Crippen LogP contribution in [-0.4, -0.2) is 25.3 Å². The van der Waals surface area contributed by atoms with Gasteiger partial charge in [0.15, 0.2) is 0 Å². The second kappa shape index (κ2) is 7.22. The van der Waals surface area contributed by atoms with Gasteiger partial charge in [0.1, 0.15) is 5.84 Å². The summed E-state index contributed by atoms with van der Waals surface area (Å²) in [5, 5.41) is 2.57. The molecule has 2 aromatic rings. The van der Waals surface area contributed by atoms with Crippen molar-refractivity contribution in [1.82, 2.24) is 5.32 Å². The van der Waals surface area contributed by atoms with Crippen LogP contribution < -0.4 is 11.1 Å². The van der Waals surface area contributed by atoms with Gasteiger partial charge in [0.25, 0.3) is 0 Å². The van der Waals surface area contributed by atoms with Crippen molar-refractivity contribution in [3.63, 3.8) is 0 Å². The van der Waals surface area contributed by atoms with Gasteiger partial charge in [-0.25, -0.2) is 9.79 Å². The molecule has 0 fully saturated rings. The molecule has 0 aromatic heterocycles. The molecular weight excluding hydrogens is 294 g/mol. The number of methoxy groups -OCH3 is 1. The molecule has 0 atom stereocenters. The Morgan fingerprint density at radius 2 is 1.96 bits per heavy atom. The number of hydrogen-bond donors (Lipinski definition) is 2. The van der Waals surface area contributed by atoms with E-state index < -0.39 is 5.97 Å². The van der Waals surface area contributed by atoms with Gasteiger partial charge < -0.3 is 15.8 Å². The van der Waals surface area contributed by atoms with E-state index in [1.54, 1.807) is 12.1 Å². The highest BCUT2D eigenvalue weighted by molar-refractivity contribution is 6.05. The smallest absolute Gasteiger partial charge is 0.340 e. The standard InChI is InChI=1S/C17H17N3O3/c1-11-8-14(18)13(17(22)23-2)9-15(11)20-16(19-10-21)12-6-4-3-5-7-12/h3-10H,18H2,1-2H3,(H,19,20,21). The monoisotopic (exact) mass is 311 g/mol. The lowest BCUT2D eigenvalue weighted by Crippen LogP contribution is -2.22. The Kier molecular flexibility index (Phi) is 5.09. The quantitative estimate of drug-likeness (QED) is 0.297. The normalized spacial score (nSPS) is 11.0. The van der Waals surface area contributed by atoms with E-state index in [1.165, 1.54) is 7.11 Å². The van der Waals surface area contributed by atoms with E-state index in [0.717, 1.165) is 11.1 Å². The number of aliphatic imine (C=N–C) groups is 1. The summed E-state index contributed by atoms with van der Waals surface area (Å²) in [7, 11) is 1.29. The molecule has 0 aliphatic carbocycles. The second-order valence-electron chi connectivity index (χ2n) is 4.81. The Morgan fingerprint density at radius 3 is 2.57 bits per heavy atom. The number of aryl methyl sites for hydroxylation is 1. The molecule has 118 valence electrons. The van der Waals surface area contributed by atoms with E-state index in [9.17, 15) is 9.59 Å². The lowest BCUT2D eigenvalue weighted by atomic mass is 10.1. The first kappa shape index (κ1) is 16.2. The highest BCUT2D eigenvalue weighted by Crippen LogP contribution is 2.26. The summed E-state index contributed by atoms with van der Waals surface area (Å²) < 4.78 is 4.71. The number of nitrogens with two attached hydrogens (primary N) is 1. The molecule has 0 radical (unpaired) electrons. The van der Waals surface area contributed by atoms with Crippen molar-refractivity contribution in [3.8, 4) is 0 Å². The van der Waals surface area contributed by atoms with Crippen LogP contribution in [0.5, 0.6) is 0 Å². The number of nitrogens with one attached hydrogen (secondary N) is 1. The van der Waals surface area contributed by atoms with Crippen LogP contribution in [0.25, 0.3) is 0 Å². The zero-order chi connectivity index (χ0) is 16.8. The zero-order valence-corrected chi connectivity index (χ0v) is 12.9. The number of anilines is 1. The minimum absolute atomic E-state index is 0.232. The molecule has 23 heavy (non-hydrogen) atoms. The topological polar surface area (TPSA) is 93.8 Å². The largest absolute Gasteiger partial charge is 0.465 e. The van der Waals surface area contributed by atoms with Crippen LogP contribution in [0.1, 0.15) is 21.5 Å². The highest BCUT2D eigenvalue weighted by atomic mass is 16.5. The molecule has 0 saturated carbocycles. The molecule has 0 bridgehead atoms. The predicted octanol–water partition coefficient (Wildman–Crippen LogP) is 2.19. The average molecular weight is 311 g/mol. The van der Waals surface area contributed by atoms with Crippen LogP contribution in [0.15, 0.2) is 47.5 Å². The number of esters is 1. The third-order valence-corrected chi connectivity index (χ3v) is 3.25. The maximum absolute atomic E-state index is 11.8. The molecule has 0 unspecified atom stereocenters. The first-order valence-corrected chi connectivity index (χ1v) is 6.89. The maximum atomic E-state index is 11.8. The summed E-state index contributed by atoms with van der Waals surface area (Å²) in [6.07, 6.45) is 0.555. The van der Waals surface area contributed by atoms with Gasteiger partial charge in [-0.1, -0.05) is 30.3 Å². The molecule has 6 nitrogen and oxygen atoms in total. The Morgan fingerprint density at radius 1 is 1.26 bits per heavy atom. The molecular formula is C17H17N3O3. The maximum Gasteiger partial charge on any atom is 0.340 e. The average Bonchev–Trinajstić information content (AvgIpc) is 2.56. The summed E-state index contributed by atoms with van der Waals surface area (Å²) in [4.78, 5) is 27.1. The first-order chi connectivity index (χ1) is 11.1. The molecule has 0 aliphatic heterocycles. The molecule has 1 amide bonds. The number of amidine groups is 1. The van der Waals surface area contributed by atoms with E-state index in [0.29, 0.717) is 23.6 Å². The lowest BCUT2D eigenvalue weighted by Gasteiger charge is -2.10. The predicted molar refractivity (Wildman–Crippen MR) is 88.8 cm³/mol. The molecule has 0 heterocycles. The van der Waals surface area contributed by atoms with Crippen LogP contribution in [-0.2, 0) is 9.53 Å². The van der Waals surface area contributed by atoms with Crippen molar-refractivity contribution < 1.29 is 14.3 Å². The number of amides is 1. The van der Waals surface area contributed by atoms with Gasteiger partial charge >= 0.3 is 5.97 Å². The number of nitrogens with zero attached hydrogens (tertiary/aromatic N) is 1. The van der Waals surface area contributed by atoms with Crippen molar-refractivity contribution in [1.29, 1.82) is 0 Å². The minimum atomic E-state index is -0.538. The van der Waals surface area contributed by atoms with E-state index in [-0.39, 0.29) is 5.56 Å². The van der Waals surface area contributed by atoms with Crippen LogP contribution in [0, 0.1) is 6.92 Å². The van der Waals surface area contributed by atoms with Crippen molar-refractivity contribution in [2.24, 2.45) is 4.99 Å². The molecule has 2 rings (SSSR count). The molecule has 0 spiro atoms. The van der Waals surface area contributed by atoms with E-state index in [1.807, 2.05) is 37.3 Å². The molecule has 0 aliphatic rings. The summed E-state index contributed by atoms with van der Waals surface area (Å²) in [5.74, 6) is -0.159. The summed E-state index contributed by atoms with van der Waals surface area (Å²) in [6, 6.07) is 12.4. The Labute approximate surface area is 134 Å². The molecule has 3 N–H and O–H groups in total. The van der Waals surface area contributed by atoms with Gasteiger partial charge in [-0.2, -0.15) is 0 Å². The SMILES string of the molecule is COC(=O)c1cc(N=C(NC=O)c2ccccc2)c(C)cc1N. The lowest BCUT2D eigenvalue weighted by molar-refractivity contribution is -0.108. The van der Waals surface area contributed by atoms with Crippen molar-refractivity contribution >= 4 is 29.6 Å². The number of nitrogen functional groups attached to an aromatic ring is 1. The van der Waals surface area contributed by atoms with E-state index in [4.69, 9.17) is 10.5 Å². The summed E-state index contributed by atoms with van der Waals surface area (Å²) in [6.45, 7) is 1.82. The molecule has 0 saturated heterocycles. The molecule has 6 heteroatoms. The fourth-order valence-corrected chi connectivity index (χ4v) is 2.08. The molecule has 2 aromatic carbocycles. The van der Waals surface area contributed by atoms with Crippen molar-refractivity contribution in [2.75, 3.05) is 12.8 Å². The van der Waals surface area contributed by atoms with Crippen LogP contribution in [0.3, 0.4) is 0 Å². The summed E-state index contributed by atoms with van der Waals surface area (Å²) in [5.41, 5.74) is 8.44. The fourth-order valence-electron chi connectivity index (χ4n) is 2.08. The number of rotatable bonds is 4. The van der Waals surface area contributed by atoms with Crippen molar-refractivity contribution in [3.05, 3.63) is 59.2 Å². The second-order valence-corrected chi connectivity index (χ2v) is 4.81. The van der Waals surface area contributed by atoms with Gasteiger partial charge in [0, 0.05) is 11.3 Å². The number of hydrogen-bond acceptors (Lipinski definition) is 5. The van der Waals surface area contributed by atoms with Gasteiger partial charge in [0.05, 0.1) is 18.4 Å². The number of carbonyl (C=O) groups excluding carboxylic acids is 2. The van der Waals surface area contributed by atoms with E-state index >= 15 is 0 Å². The van der Waals surface area contributed by atoms with Crippen LogP contribution in [0.2, 0.25) is 0 Å². The van der Waals surface area contributed by atoms with Gasteiger partial charge in [-0.3, -0.25) is 4.79 Å². The summed E-state index contributed by atoms with van der Waals surface area (Å²) >= 11 is 0. The van der Waals surface area contributed by atoms with E-state index in [2.05, 4.69) is 10.3 Å². The van der Waals surface area contributed by atoms with Gasteiger partial charge in [-0.15, -0.1) is 0 Å². The zero-order valence-electron chi connectivity index (χ0n) is 12.9. The number of carbonyl (C=O) groups is 2. The Bertz CT molecular complexity index is 755. The number of ether oxygens (including phenoxy) is 1. The van der Waals surface area contributed by atoms with Crippen molar-refractivity contribution in [2.45, 2.75) is 6.92 Å². The van der Waals surface area contributed by atoms with Gasteiger partial charge in [0.2, 0.25) is 6.41 Å². The third kappa shape index (κ3) is 3.74. The number of benzene rings is 2. The first-order valence-electron chi connectivity index (χ1n) is 6.89.